The van der Waals surface area contributed by atoms with Gasteiger partial charge in [-0.05, 0) is 30.2 Å². The fraction of sp³-hybridized carbons (Fsp3) is 0.412. The average Bonchev–Trinajstić information content (AvgIpc) is 2.63. The summed E-state index contributed by atoms with van der Waals surface area (Å²) in [5.74, 6) is 2.50. The zero-order chi connectivity index (χ0) is 15.9. The molecular formula is C17H22N4O2. The number of anilines is 2. The molecule has 23 heavy (non-hydrogen) atoms. The molecule has 1 N–H and O–H groups in total. The molecule has 122 valence electrons. The Kier molecular flexibility index (Phi) is 5.26. The summed E-state index contributed by atoms with van der Waals surface area (Å²) in [5, 5.41) is 3.29. The van der Waals surface area contributed by atoms with Crippen molar-refractivity contribution in [2.45, 2.75) is 6.42 Å². The molecule has 0 saturated carbocycles. The van der Waals surface area contributed by atoms with Crippen LogP contribution < -0.4 is 15.0 Å². The summed E-state index contributed by atoms with van der Waals surface area (Å²) < 4.78 is 10.5. The summed E-state index contributed by atoms with van der Waals surface area (Å²) in [4.78, 5) is 11.1. The number of benzene rings is 1. The molecule has 0 unspecified atom stereocenters. The molecule has 0 bridgehead atoms. The second-order valence-electron chi connectivity index (χ2n) is 5.36. The highest BCUT2D eigenvalue weighted by Gasteiger charge is 2.12. The molecule has 0 radical (unpaired) electrons. The lowest BCUT2D eigenvalue weighted by atomic mass is 10.1. The van der Waals surface area contributed by atoms with Gasteiger partial charge in [0.25, 0.3) is 0 Å². The van der Waals surface area contributed by atoms with Gasteiger partial charge in [-0.25, -0.2) is 4.98 Å². The largest absolute Gasteiger partial charge is 0.497 e. The van der Waals surface area contributed by atoms with Gasteiger partial charge in [0, 0.05) is 25.8 Å². The number of morpholine rings is 1. The zero-order valence-corrected chi connectivity index (χ0v) is 13.4. The molecule has 0 amide bonds. The van der Waals surface area contributed by atoms with Gasteiger partial charge in [0.15, 0.2) is 0 Å². The van der Waals surface area contributed by atoms with Crippen molar-refractivity contribution in [3.63, 3.8) is 0 Å². The van der Waals surface area contributed by atoms with Gasteiger partial charge in [-0.15, -0.1) is 0 Å². The first-order valence-electron chi connectivity index (χ1n) is 7.88. The standard InChI is InChI=1S/C17H22N4O2/c1-22-15-4-2-14(3-5-15)6-8-18-17-19-9-7-16(20-17)21-10-12-23-13-11-21/h2-5,7,9H,6,8,10-13H2,1H3,(H,18,19,20). The molecule has 1 aromatic heterocycles. The van der Waals surface area contributed by atoms with Gasteiger partial charge in [0.2, 0.25) is 5.95 Å². The van der Waals surface area contributed by atoms with E-state index in [9.17, 15) is 0 Å². The molecule has 1 aliphatic rings. The van der Waals surface area contributed by atoms with Gasteiger partial charge in [-0.1, -0.05) is 12.1 Å². The number of nitrogens with zero attached hydrogens (tertiary/aromatic N) is 3. The Bertz CT molecular complexity index is 612. The van der Waals surface area contributed by atoms with Gasteiger partial charge in [-0.3, -0.25) is 0 Å². The quantitative estimate of drug-likeness (QED) is 0.880. The van der Waals surface area contributed by atoms with E-state index in [1.807, 2.05) is 18.2 Å². The number of methoxy groups -OCH3 is 1. The highest BCUT2D eigenvalue weighted by molar-refractivity contribution is 5.42. The van der Waals surface area contributed by atoms with Crippen molar-refractivity contribution >= 4 is 11.8 Å². The minimum Gasteiger partial charge on any atom is -0.497 e. The third-order valence-electron chi connectivity index (χ3n) is 3.83. The van der Waals surface area contributed by atoms with Crippen molar-refractivity contribution in [2.75, 3.05) is 50.2 Å². The maximum atomic E-state index is 5.37. The molecule has 3 rings (SSSR count). The fourth-order valence-corrected chi connectivity index (χ4v) is 2.51. The summed E-state index contributed by atoms with van der Waals surface area (Å²) in [6, 6.07) is 10.0. The Morgan fingerprint density at radius 1 is 1.17 bits per heavy atom. The molecule has 1 fully saturated rings. The second kappa shape index (κ2) is 7.78. The summed E-state index contributed by atoms with van der Waals surface area (Å²) >= 11 is 0. The summed E-state index contributed by atoms with van der Waals surface area (Å²) in [5.41, 5.74) is 1.25. The maximum absolute atomic E-state index is 5.37. The van der Waals surface area contributed by atoms with E-state index in [0.29, 0.717) is 5.95 Å². The molecule has 1 aromatic carbocycles. The molecule has 1 saturated heterocycles. The first kappa shape index (κ1) is 15.6. The normalized spacial score (nSPS) is 14.6. The Morgan fingerprint density at radius 2 is 1.96 bits per heavy atom. The molecule has 2 aromatic rings. The third-order valence-corrected chi connectivity index (χ3v) is 3.83. The van der Waals surface area contributed by atoms with Crippen LogP contribution in [0.5, 0.6) is 5.75 Å². The lowest BCUT2D eigenvalue weighted by molar-refractivity contribution is 0.122. The number of rotatable bonds is 6. The van der Waals surface area contributed by atoms with Crippen LogP contribution in [0.1, 0.15) is 5.56 Å². The van der Waals surface area contributed by atoms with Crippen LogP contribution in [0.15, 0.2) is 36.5 Å². The number of hydrogen-bond acceptors (Lipinski definition) is 6. The molecule has 0 aliphatic carbocycles. The third kappa shape index (κ3) is 4.32. The van der Waals surface area contributed by atoms with Crippen molar-refractivity contribution < 1.29 is 9.47 Å². The van der Waals surface area contributed by atoms with E-state index in [2.05, 4.69) is 32.3 Å². The molecule has 2 heterocycles. The number of nitrogens with one attached hydrogen (secondary N) is 1. The van der Waals surface area contributed by atoms with E-state index in [1.165, 1.54) is 5.56 Å². The Hall–Kier alpha value is -2.34. The van der Waals surface area contributed by atoms with Crippen LogP contribution in [-0.4, -0.2) is 49.9 Å². The van der Waals surface area contributed by atoms with E-state index in [0.717, 1.165) is 50.8 Å². The van der Waals surface area contributed by atoms with Crippen molar-refractivity contribution in [3.05, 3.63) is 42.1 Å². The van der Waals surface area contributed by atoms with E-state index < -0.39 is 0 Å². The second-order valence-corrected chi connectivity index (χ2v) is 5.36. The van der Waals surface area contributed by atoms with Crippen LogP contribution in [0.4, 0.5) is 11.8 Å². The van der Waals surface area contributed by atoms with E-state index in [-0.39, 0.29) is 0 Å². The first-order valence-corrected chi connectivity index (χ1v) is 7.88. The summed E-state index contributed by atoms with van der Waals surface area (Å²) in [7, 11) is 1.68. The fourth-order valence-electron chi connectivity index (χ4n) is 2.51. The maximum Gasteiger partial charge on any atom is 0.224 e. The topological polar surface area (TPSA) is 59.5 Å². The van der Waals surface area contributed by atoms with Crippen LogP contribution in [0.3, 0.4) is 0 Å². The molecular weight excluding hydrogens is 292 g/mol. The smallest absolute Gasteiger partial charge is 0.224 e. The highest BCUT2D eigenvalue weighted by Crippen LogP contribution is 2.14. The monoisotopic (exact) mass is 314 g/mol. The Morgan fingerprint density at radius 3 is 2.70 bits per heavy atom. The van der Waals surface area contributed by atoms with Crippen LogP contribution in [-0.2, 0) is 11.2 Å². The summed E-state index contributed by atoms with van der Waals surface area (Å²) in [6.07, 6.45) is 2.71. The highest BCUT2D eigenvalue weighted by atomic mass is 16.5. The van der Waals surface area contributed by atoms with Crippen molar-refractivity contribution in [3.8, 4) is 5.75 Å². The number of ether oxygens (including phenoxy) is 2. The Balaban J connectivity index is 1.53. The summed E-state index contributed by atoms with van der Waals surface area (Å²) in [6.45, 7) is 4.05. The molecule has 1 aliphatic heterocycles. The lowest BCUT2D eigenvalue weighted by Crippen LogP contribution is -2.36. The van der Waals surface area contributed by atoms with E-state index in [4.69, 9.17) is 9.47 Å². The molecule has 0 atom stereocenters. The van der Waals surface area contributed by atoms with Gasteiger partial charge in [-0.2, -0.15) is 4.98 Å². The van der Waals surface area contributed by atoms with Gasteiger partial charge in [0.1, 0.15) is 11.6 Å². The average molecular weight is 314 g/mol. The van der Waals surface area contributed by atoms with Gasteiger partial charge in [0.05, 0.1) is 20.3 Å². The van der Waals surface area contributed by atoms with Gasteiger partial charge >= 0.3 is 0 Å². The predicted molar refractivity (Wildman–Crippen MR) is 90.3 cm³/mol. The van der Waals surface area contributed by atoms with E-state index >= 15 is 0 Å². The Labute approximate surface area is 136 Å². The zero-order valence-electron chi connectivity index (χ0n) is 13.4. The predicted octanol–water partition coefficient (Wildman–Crippen LogP) is 1.98. The molecule has 6 heteroatoms. The van der Waals surface area contributed by atoms with Crippen LogP contribution in [0.2, 0.25) is 0 Å². The van der Waals surface area contributed by atoms with Crippen molar-refractivity contribution in [2.24, 2.45) is 0 Å². The van der Waals surface area contributed by atoms with Gasteiger partial charge < -0.3 is 19.7 Å². The van der Waals surface area contributed by atoms with Crippen LogP contribution >= 0.6 is 0 Å². The van der Waals surface area contributed by atoms with Crippen LogP contribution in [0.25, 0.3) is 0 Å². The van der Waals surface area contributed by atoms with Crippen molar-refractivity contribution in [1.82, 2.24) is 9.97 Å². The first-order chi connectivity index (χ1) is 11.3. The van der Waals surface area contributed by atoms with E-state index in [1.54, 1.807) is 13.3 Å². The SMILES string of the molecule is COc1ccc(CCNc2nccc(N3CCOCC3)n2)cc1. The minimum absolute atomic E-state index is 0.669. The van der Waals surface area contributed by atoms with Crippen molar-refractivity contribution in [1.29, 1.82) is 0 Å². The van der Waals surface area contributed by atoms with Crippen LogP contribution in [0, 0.1) is 0 Å². The lowest BCUT2D eigenvalue weighted by Gasteiger charge is -2.27. The molecule has 0 spiro atoms. The minimum atomic E-state index is 0.669. The number of hydrogen-bond donors (Lipinski definition) is 1. The number of aromatic nitrogens is 2. The molecule has 6 nitrogen and oxygen atoms in total.